The molecule has 0 saturated carbocycles. The highest BCUT2D eigenvalue weighted by Gasteiger charge is 2.28. The number of hydrogen-bond donors (Lipinski definition) is 1. The summed E-state index contributed by atoms with van der Waals surface area (Å²) >= 11 is 0. The Morgan fingerprint density at radius 3 is 2.29 bits per heavy atom. The van der Waals surface area contributed by atoms with Gasteiger partial charge in [-0.15, -0.1) is 0 Å². The molecule has 0 saturated heterocycles. The summed E-state index contributed by atoms with van der Waals surface area (Å²) in [6, 6.07) is 12.7. The molecule has 1 N–H and O–H groups in total. The summed E-state index contributed by atoms with van der Waals surface area (Å²) in [6.07, 6.45) is 0. The van der Waals surface area contributed by atoms with Crippen LogP contribution in [-0.4, -0.2) is 42.0 Å². The van der Waals surface area contributed by atoms with Gasteiger partial charge in [-0.25, -0.2) is 0 Å². The minimum Gasteiger partial charge on any atom is -0.497 e. The largest absolute Gasteiger partial charge is 0.497 e. The van der Waals surface area contributed by atoms with E-state index in [1.165, 1.54) is 0 Å². The standard InChI is InChI=1S/C25H34N2O4/c1-17-8-9-18(2)22(14-17)31-16-23(28)27(19(3)24(29)26-25(4,5)6)15-20-10-12-21(30-7)13-11-20/h8-14,19H,15-16H2,1-7H3,(H,26,29)/t19-/m1/s1. The predicted molar refractivity (Wildman–Crippen MR) is 122 cm³/mol. The van der Waals surface area contributed by atoms with Crippen molar-refractivity contribution >= 4 is 11.8 Å². The van der Waals surface area contributed by atoms with Crippen LogP contribution in [-0.2, 0) is 16.1 Å². The summed E-state index contributed by atoms with van der Waals surface area (Å²) in [4.78, 5) is 27.5. The Kier molecular flexibility index (Phi) is 8.08. The first-order chi connectivity index (χ1) is 14.5. The van der Waals surface area contributed by atoms with E-state index < -0.39 is 11.6 Å². The summed E-state index contributed by atoms with van der Waals surface area (Å²) in [7, 11) is 1.61. The predicted octanol–water partition coefficient (Wildman–Crippen LogP) is 4.02. The number of amides is 2. The van der Waals surface area contributed by atoms with Crippen molar-refractivity contribution in [2.75, 3.05) is 13.7 Å². The van der Waals surface area contributed by atoms with Gasteiger partial charge in [0.15, 0.2) is 6.61 Å². The average Bonchev–Trinajstić information content (AvgIpc) is 2.71. The van der Waals surface area contributed by atoms with Crippen LogP contribution in [0, 0.1) is 13.8 Å². The van der Waals surface area contributed by atoms with Crippen molar-refractivity contribution in [2.45, 2.75) is 59.7 Å². The summed E-state index contributed by atoms with van der Waals surface area (Å²) < 4.78 is 11.0. The second-order valence-electron chi connectivity index (χ2n) is 8.84. The van der Waals surface area contributed by atoms with Gasteiger partial charge in [-0.05, 0) is 76.4 Å². The fourth-order valence-electron chi connectivity index (χ4n) is 3.07. The lowest BCUT2D eigenvalue weighted by atomic mass is 10.1. The smallest absolute Gasteiger partial charge is 0.261 e. The zero-order valence-electron chi connectivity index (χ0n) is 19.6. The van der Waals surface area contributed by atoms with Gasteiger partial charge in [0.1, 0.15) is 17.5 Å². The maximum Gasteiger partial charge on any atom is 0.261 e. The lowest BCUT2D eigenvalue weighted by molar-refractivity contribution is -0.142. The Morgan fingerprint density at radius 2 is 1.71 bits per heavy atom. The third-order valence-electron chi connectivity index (χ3n) is 4.87. The van der Waals surface area contributed by atoms with E-state index >= 15 is 0 Å². The number of ether oxygens (including phenoxy) is 2. The molecule has 2 aromatic carbocycles. The monoisotopic (exact) mass is 426 g/mol. The maximum atomic E-state index is 13.1. The van der Waals surface area contributed by atoms with Crippen LogP contribution in [0.3, 0.4) is 0 Å². The molecule has 0 aliphatic rings. The first-order valence-electron chi connectivity index (χ1n) is 10.4. The molecule has 0 bridgehead atoms. The highest BCUT2D eigenvalue weighted by Crippen LogP contribution is 2.20. The fourth-order valence-corrected chi connectivity index (χ4v) is 3.07. The number of benzene rings is 2. The van der Waals surface area contributed by atoms with Gasteiger partial charge in [0, 0.05) is 12.1 Å². The number of methoxy groups -OCH3 is 1. The zero-order valence-corrected chi connectivity index (χ0v) is 19.6. The summed E-state index contributed by atoms with van der Waals surface area (Å²) in [5.41, 5.74) is 2.52. The number of carbonyl (C=O) groups is 2. The molecule has 2 aromatic rings. The van der Waals surface area contributed by atoms with Gasteiger partial charge >= 0.3 is 0 Å². The van der Waals surface area contributed by atoms with Crippen LogP contribution >= 0.6 is 0 Å². The SMILES string of the molecule is COc1ccc(CN(C(=O)COc2cc(C)ccc2C)[C@H](C)C(=O)NC(C)(C)C)cc1. The summed E-state index contributed by atoms with van der Waals surface area (Å²) in [6.45, 7) is 11.5. The molecule has 0 spiro atoms. The molecule has 0 aliphatic carbocycles. The Labute approximate surface area is 185 Å². The van der Waals surface area contributed by atoms with Crippen LogP contribution in [0.2, 0.25) is 0 Å². The minimum absolute atomic E-state index is 0.145. The van der Waals surface area contributed by atoms with Crippen LogP contribution in [0.1, 0.15) is 44.4 Å². The van der Waals surface area contributed by atoms with Gasteiger partial charge in [0.2, 0.25) is 5.91 Å². The fraction of sp³-hybridized carbons (Fsp3) is 0.440. The van der Waals surface area contributed by atoms with Crippen molar-refractivity contribution < 1.29 is 19.1 Å². The number of nitrogens with one attached hydrogen (secondary N) is 1. The van der Waals surface area contributed by atoms with Crippen molar-refractivity contribution in [2.24, 2.45) is 0 Å². The van der Waals surface area contributed by atoms with Crippen LogP contribution in [0.4, 0.5) is 0 Å². The minimum atomic E-state index is -0.656. The van der Waals surface area contributed by atoms with Gasteiger partial charge in [0.25, 0.3) is 5.91 Å². The van der Waals surface area contributed by atoms with Crippen molar-refractivity contribution in [3.63, 3.8) is 0 Å². The second kappa shape index (κ2) is 10.3. The molecule has 0 radical (unpaired) electrons. The van der Waals surface area contributed by atoms with Crippen molar-refractivity contribution in [1.29, 1.82) is 0 Å². The molecule has 0 heterocycles. The molecular formula is C25H34N2O4. The van der Waals surface area contributed by atoms with Gasteiger partial charge in [-0.1, -0.05) is 24.3 Å². The van der Waals surface area contributed by atoms with Crippen molar-refractivity contribution in [3.05, 3.63) is 59.2 Å². The number of rotatable bonds is 8. The third-order valence-corrected chi connectivity index (χ3v) is 4.87. The molecule has 2 rings (SSSR count). The van der Waals surface area contributed by atoms with E-state index in [1.807, 2.05) is 77.1 Å². The van der Waals surface area contributed by atoms with E-state index in [1.54, 1.807) is 18.9 Å². The van der Waals surface area contributed by atoms with E-state index in [0.29, 0.717) is 5.75 Å². The molecule has 1 atom stereocenters. The molecule has 0 fully saturated rings. The van der Waals surface area contributed by atoms with E-state index in [0.717, 1.165) is 22.4 Å². The Balaban J connectivity index is 2.20. The van der Waals surface area contributed by atoms with Crippen molar-refractivity contribution in [3.8, 4) is 11.5 Å². The van der Waals surface area contributed by atoms with Gasteiger partial charge < -0.3 is 19.7 Å². The van der Waals surface area contributed by atoms with Crippen LogP contribution in [0.5, 0.6) is 11.5 Å². The molecule has 168 valence electrons. The summed E-state index contributed by atoms with van der Waals surface area (Å²) in [5, 5.41) is 2.96. The zero-order chi connectivity index (χ0) is 23.2. The summed E-state index contributed by atoms with van der Waals surface area (Å²) in [5.74, 6) is 0.942. The van der Waals surface area contributed by atoms with E-state index in [2.05, 4.69) is 5.32 Å². The molecular weight excluding hydrogens is 392 g/mol. The number of nitrogens with zero attached hydrogens (tertiary/aromatic N) is 1. The molecule has 6 nitrogen and oxygen atoms in total. The lowest BCUT2D eigenvalue weighted by Gasteiger charge is -2.31. The molecule has 0 aromatic heterocycles. The van der Waals surface area contributed by atoms with Crippen LogP contribution < -0.4 is 14.8 Å². The van der Waals surface area contributed by atoms with Crippen LogP contribution in [0.25, 0.3) is 0 Å². The molecule has 2 amide bonds. The molecule has 0 aliphatic heterocycles. The van der Waals surface area contributed by atoms with Gasteiger partial charge in [-0.2, -0.15) is 0 Å². The molecule has 0 unspecified atom stereocenters. The highest BCUT2D eigenvalue weighted by molar-refractivity contribution is 5.88. The molecule has 31 heavy (non-hydrogen) atoms. The number of aryl methyl sites for hydroxylation is 2. The number of hydrogen-bond acceptors (Lipinski definition) is 4. The third kappa shape index (κ3) is 7.31. The quantitative estimate of drug-likeness (QED) is 0.692. The van der Waals surface area contributed by atoms with E-state index in [4.69, 9.17) is 9.47 Å². The van der Waals surface area contributed by atoms with E-state index in [9.17, 15) is 9.59 Å². The average molecular weight is 427 g/mol. The Morgan fingerprint density at radius 1 is 1.06 bits per heavy atom. The maximum absolute atomic E-state index is 13.1. The van der Waals surface area contributed by atoms with Gasteiger partial charge in [0.05, 0.1) is 7.11 Å². The first kappa shape index (κ1) is 24.3. The normalized spacial score (nSPS) is 12.1. The Hall–Kier alpha value is -3.02. The van der Waals surface area contributed by atoms with Crippen molar-refractivity contribution in [1.82, 2.24) is 10.2 Å². The first-order valence-corrected chi connectivity index (χ1v) is 10.4. The lowest BCUT2D eigenvalue weighted by Crippen LogP contribution is -2.53. The van der Waals surface area contributed by atoms with Crippen LogP contribution in [0.15, 0.2) is 42.5 Å². The van der Waals surface area contributed by atoms with Gasteiger partial charge in [-0.3, -0.25) is 9.59 Å². The number of carbonyl (C=O) groups excluding carboxylic acids is 2. The molecule has 6 heteroatoms. The van der Waals surface area contributed by atoms with E-state index in [-0.39, 0.29) is 25.0 Å². The highest BCUT2D eigenvalue weighted by atomic mass is 16.5. The Bertz CT molecular complexity index is 901. The second-order valence-corrected chi connectivity index (χ2v) is 8.84. The topological polar surface area (TPSA) is 67.9 Å².